The van der Waals surface area contributed by atoms with E-state index in [-0.39, 0.29) is 48.1 Å². The van der Waals surface area contributed by atoms with Crippen LogP contribution >= 0.6 is 0 Å². The van der Waals surface area contributed by atoms with E-state index in [2.05, 4.69) is 6.07 Å². The van der Waals surface area contributed by atoms with Gasteiger partial charge in [-0.1, -0.05) is 6.07 Å². The summed E-state index contributed by atoms with van der Waals surface area (Å²) in [4.78, 5) is 1.88. The number of benzene rings is 2. The van der Waals surface area contributed by atoms with E-state index in [4.69, 9.17) is 0 Å². The van der Waals surface area contributed by atoms with Crippen molar-refractivity contribution >= 4 is 31.6 Å². The lowest BCUT2D eigenvalue weighted by atomic mass is 10.1. The molecule has 0 aromatic heterocycles. The van der Waals surface area contributed by atoms with Crippen molar-refractivity contribution in [2.24, 2.45) is 5.92 Å². The van der Waals surface area contributed by atoms with Gasteiger partial charge in [-0.25, -0.2) is 17.2 Å². The van der Waals surface area contributed by atoms with Crippen LogP contribution in [0.2, 0.25) is 0 Å². The predicted molar refractivity (Wildman–Crippen MR) is 137 cm³/mol. The van der Waals surface area contributed by atoms with Gasteiger partial charge in [0.1, 0.15) is 17.7 Å². The molecule has 0 radical (unpaired) electrons. The lowest BCUT2D eigenvalue weighted by Crippen LogP contribution is -2.51. The molecule has 1 saturated carbocycles. The number of hydrogen-bond donors (Lipinski definition) is 0. The summed E-state index contributed by atoms with van der Waals surface area (Å²) in [5.74, 6) is -1.67. The molecule has 2 fully saturated rings. The van der Waals surface area contributed by atoms with E-state index in [9.17, 15) is 30.9 Å². The Bertz CT molecular complexity index is 1420. The number of rotatable bonds is 9. The maximum atomic E-state index is 14.4. The SMILES string of the molecule is CN(C)S(=O)(=O)N1CCN(c2ccc(N(Cc3ccc(F)cc3F)S(=O)(=O)CC3CC3)cc2C#N)CC1. The van der Waals surface area contributed by atoms with Gasteiger partial charge < -0.3 is 4.90 Å². The number of sulfonamides is 1. The van der Waals surface area contributed by atoms with Crippen LogP contribution in [0.15, 0.2) is 36.4 Å². The summed E-state index contributed by atoms with van der Waals surface area (Å²) >= 11 is 0. The summed E-state index contributed by atoms with van der Waals surface area (Å²) in [6.07, 6.45) is 1.60. The van der Waals surface area contributed by atoms with Gasteiger partial charge in [-0.3, -0.25) is 4.31 Å². The third-order valence-corrected chi connectivity index (χ3v) is 10.4. The first-order chi connectivity index (χ1) is 17.4. The normalized spacial score (nSPS) is 17.1. The second-order valence-electron chi connectivity index (χ2n) is 9.45. The summed E-state index contributed by atoms with van der Waals surface area (Å²) in [5.41, 5.74) is 0.994. The molecule has 2 aromatic carbocycles. The van der Waals surface area contributed by atoms with Gasteiger partial charge in [-0.2, -0.15) is 22.3 Å². The summed E-state index contributed by atoms with van der Waals surface area (Å²) in [5, 5.41) is 9.87. The first-order valence-corrected chi connectivity index (χ1v) is 14.8. The zero-order valence-corrected chi connectivity index (χ0v) is 22.3. The number of anilines is 2. The number of halogens is 2. The van der Waals surface area contributed by atoms with Crippen molar-refractivity contribution in [3.05, 3.63) is 59.2 Å². The van der Waals surface area contributed by atoms with Crippen LogP contribution in [0, 0.1) is 28.9 Å². The Labute approximate surface area is 216 Å². The molecule has 2 aliphatic rings. The van der Waals surface area contributed by atoms with E-state index in [1.165, 1.54) is 30.5 Å². The fourth-order valence-electron chi connectivity index (χ4n) is 4.26. The van der Waals surface area contributed by atoms with Gasteiger partial charge in [0.15, 0.2) is 0 Å². The number of piperazine rings is 1. The molecule has 0 unspecified atom stereocenters. The monoisotopic (exact) mass is 553 g/mol. The minimum Gasteiger partial charge on any atom is -0.368 e. The van der Waals surface area contributed by atoms with Gasteiger partial charge >= 0.3 is 0 Å². The van der Waals surface area contributed by atoms with Crippen LogP contribution in [0.3, 0.4) is 0 Å². The third-order valence-electron chi connectivity index (χ3n) is 6.56. The van der Waals surface area contributed by atoms with Crippen molar-refractivity contribution in [2.45, 2.75) is 19.4 Å². The van der Waals surface area contributed by atoms with E-state index >= 15 is 0 Å². The Hall–Kier alpha value is -2.79. The quantitative estimate of drug-likeness (QED) is 0.473. The van der Waals surface area contributed by atoms with E-state index in [1.54, 1.807) is 12.1 Å². The Balaban J connectivity index is 1.62. The molecule has 200 valence electrons. The highest BCUT2D eigenvalue weighted by atomic mass is 32.2. The molecule has 13 heteroatoms. The van der Waals surface area contributed by atoms with Crippen molar-refractivity contribution in [3.63, 3.8) is 0 Å². The molecule has 2 aromatic rings. The Morgan fingerprint density at radius 1 is 1.00 bits per heavy atom. The maximum Gasteiger partial charge on any atom is 0.281 e. The van der Waals surface area contributed by atoms with E-state index < -0.39 is 31.9 Å². The van der Waals surface area contributed by atoms with Crippen molar-refractivity contribution in [2.75, 3.05) is 55.2 Å². The lowest BCUT2D eigenvalue weighted by Gasteiger charge is -2.37. The fourth-order valence-corrected chi connectivity index (χ4v) is 7.23. The minimum atomic E-state index is -3.86. The Morgan fingerprint density at radius 3 is 2.24 bits per heavy atom. The average Bonchev–Trinajstić information content (AvgIpc) is 3.66. The number of nitrogens with zero attached hydrogens (tertiary/aromatic N) is 5. The van der Waals surface area contributed by atoms with Gasteiger partial charge in [0.25, 0.3) is 10.2 Å². The molecule has 0 N–H and O–H groups in total. The predicted octanol–water partition coefficient (Wildman–Crippen LogP) is 2.51. The highest BCUT2D eigenvalue weighted by Crippen LogP contribution is 2.35. The van der Waals surface area contributed by atoms with Crippen molar-refractivity contribution < 1.29 is 25.6 Å². The van der Waals surface area contributed by atoms with Gasteiger partial charge in [-0.05, 0) is 43.0 Å². The molecule has 9 nitrogen and oxygen atoms in total. The van der Waals surface area contributed by atoms with Crippen LogP contribution in [0.5, 0.6) is 0 Å². The molecule has 1 saturated heterocycles. The van der Waals surface area contributed by atoms with Gasteiger partial charge in [0.2, 0.25) is 10.0 Å². The standard InChI is InChI=1S/C24H29F2N5O4S2/c1-28(2)37(34,35)30-11-9-29(10-12-30)24-8-7-22(13-20(24)15-27)31(36(32,33)17-18-3-4-18)16-19-5-6-21(25)14-23(19)26/h5-8,13-14,18H,3-4,9-12,16-17H2,1-2H3. The van der Waals surface area contributed by atoms with E-state index in [0.717, 1.165) is 27.5 Å². The summed E-state index contributed by atoms with van der Waals surface area (Å²) in [7, 11) is -4.47. The zero-order chi connectivity index (χ0) is 27.0. The topological polar surface area (TPSA) is 105 Å². The molecule has 1 heterocycles. The first-order valence-electron chi connectivity index (χ1n) is 11.8. The fraction of sp³-hybridized carbons (Fsp3) is 0.458. The molecule has 0 amide bonds. The molecule has 0 bridgehead atoms. The molecule has 0 spiro atoms. The van der Waals surface area contributed by atoms with Crippen molar-refractivity contribution in [3.8, 4) is 6.07 Å². The first kappa shape index (κ1) is 27.3. The molecule has 1 aliphatic carbocycles. The molecular weight excluding hydrogens is 524 g/mol. The van der Waals surface area contributed by atoms with Crippen LogP contribution < -0.4 is 9.21 Å². The van der Waals surface area contributed by atoms with Crippen LogP contribution in [0.1, 0.15) is 24.0 Å². The van der Waals surface area contributed by atoms with Crippen molar-refractivity contribution in [1.29, 1.82) is 5.26 Å². The van der Waals surface area contributed by atoms with E-state index in [0.29, 0.717) is 24.8 Å². The second kappa shape index (κ2) is 10.5. The van der Waals surface area contributed by atoms with Crippen LogP contribution in [-0.4, -0.2) is 71.5 Å². The van der Waals surface area contributed by atoms with Crippen LogP contribution in [0.25, 0.3) is 0 Å². The zero-order valence-electron chi connectivity index (χ0n) is 20.6. The molecule has 4 rings (SSSR count). The average molecular weight is 554 g/mol. The molecule has 0 atom stereocenters. The second-order valence-corrected chi connectivity index (χ2v) is 13.5. The smallest absolute Gasteiger partial charge is 0.281 e. The van der Waals surface area contributed by atoms with Crippen molar-refractivity contribution in [1.82, 2.24) is 8.61 Å². The van der Waals surface area contributed by atoms with Crippen LogP contribution in [0.4, 0.5) is 20.2 Å². The maximum absolute atomic E-state index is 14.4. The Kier molecular flexibility index (Phi) is 7.75. The molecule has 1 aliphatic heterocycles. The number of hydrogen-bond acceptors (Lipinski definition) is 6. The molecule has 37 heavy (non-hydrogen) atoms. The highest BCUT2D eigenvalue weighted by molar-refractivity contribution is 7.92. The largest absolute Gasteiger partial charge is 0.368 e. The summed E-state index contributed by atoms with van der Waals surface area (Å²) < 4.78 is 82.9. The highest BCUT2D eigenvalue weighted by Gasteiger charge is 2.34. The van der Waals surface area contributed by atoms with E-state index in [1.807, 2.05) is 4.90 Å². The minimum absolute atomic E-state index is 0.0154. The third kappa shape index (κ3) is 6.04. The van der Waals surface area contributed by atoms with Crippen LogP contribution in [-0.2, 0) is 26.8 Å². The summed E-state index contributed by atoms with van der Waals surface area (Å²) in [6, 6.07) is 9.74. The van der Waals surface area contributed by atoms with Gasteiger partial charge in [-0.15, -0.1) is 0 Å². The van der Waals surface area contributed by atoms with Gasteiger partial charge in [0, 0.05) is 51.9 Å². The van der Waals surface area contributed by atoms with Gasteiger partial charge in [0.05, 0.1) is 29.2 Å². The Morgan fingerprint density at radius 2 is 1.68 bits per heavy atom. The number of nitriles is 1. The molecular formula is C24H29F2N5O4S2. The lowest BCUT2D eigenvalue weighted by molar-refractivity contribution is 0.355. The summed E-state index contributed by atoms with van der Waals surface area (Å²) in [6.45, 7) is 0.835.